The van der Waals surface area contributed by atoms with Gasteiger partial charge in [-0.3, -0.25) is 24.3 Å². The molecule has 2 aromatic carbocycles. The van der Waals surface area contributed by atoms with Crippen molar-refractivity contribution in [1.29, 1.82) is 0 Å². The van der Waals surface area contributed by atoms with E-state index in [0.717, 1.165) is 0 Å². The Kier molecular flexibility index (Phi) is 12.4. The Morgan fingerprint density at radius 2 is 1.50 bits per heavy atom. The zero-order chi connectivity index (χ0) is 8.65. The Balaban J connectivity index is 0. The van der Waals surface area contributed by atoms with Crippen molar-refractivity contribution in [2.75, 3.05) is 0 Å². The van der Waals surface area contributed by atoms with E-state index in [1.54, 1.807) is 0 Å². The molecule has 2 heteroatoms. The second kappa shape index (κ2) is 10.8. The molecule has 2 aromatic rings. The smallest absolute Gasteiger partial charge is 0.305 e. The van der Waals surface area contributed by atoms with Gasteiger partial charge in [-0.2, -0.15) is 18.2 Å². The maximum absolute atomic E-state index is 2.08. The Bertz CT molecular complexity index is 241. The maximum Gasteiger partial charge on any atom is 2.00 e. The molecule has 0 aromatic heterocycles. The van der Waals surface area contributed by atoms with Crippen LogP contribution in [0.5, 0.6) is 0 Å². The van der Waals surface area contributed by atoms with E-state index in [1.807, 2.05) is 49.4 Å². The van der Waals surface area contributed by atoms with Gasteiger partial charge in [0.05, 0.1) is 0 Å². The molecule has 0 aliphatic rings. The summed E-state index contributed by atoms with van der Waals surface area (Å²) in [6, 6.07) is 18.2. The van der Waals surface area contributed by atoms with Gasteiger partial charge in [0, 0.05) is 0 Å². The second-order valence-corrected chi connectivity index (χ2v) is 2.47. The predicted molar refractivity (Wildman–Crippen MR) is 53.1 cm³/mol. The molecule has 0 amide bonds. The minimum atomic E-state index is 0. The van der Waals surface area contributed by atoms with Crippen LogP contribution in [-0.2, 0) is 17.1 Å². The van der Waals surface area contributed by atoms with Gasteiger partial charge in [-0.05, 0) is 0 Å². The van der Waals surface area contributed by atoms with Crippen LogP contribution in [0.15, 0.2) is 54.6 Å². The predicted octanol–water partition coefficient (Wildman–Crippen LogP) is 0.385. The summed E-state index contributed by atoms with van der Waals surface area (Å²) in [5, 5.41) is 0. The first-order valence-corrected chi connectivity index (χ1v) is 4.11. The summed E-state index contributed by atoms with van der Waals surface area (Å²) in [7, 11) is 0. The SMILES string of the molecule is C[CH-][c-]1cccc1.[Fe+2].[Li+].c1cc[cH-]c1. The van der Waals surface area contributed by atoms with Crippen LogP contribution in [0.2, 0.25) is 0 Å². The quantitative estimate of drug-likeness (QED) is 0.481. The molecular weight excluding hydrogens is 207 g/mol. The van der Waals surface area contributed by atoms with Crippen molar-refractivity contribution in [3.63, 3.8) is 0 Å². The Labute approximate surface area is 109 Å². The van der Waals surface area contributed by atoms with Gasteiger partial charge in [0.15, 0.2) is 0 Å². The van der Waals surface area contributed by atoms with Crippen molar-refractivity contribution in [3.05, 3.63) is 66.6 Å². The molecule has 0 atom stereocenters. The van der Waals surface area contributed by atoms with E-state index in [0.29, 0.717) is 0 Å². The molecule has 0 bridgehead atoms. The third-order valence-electron chi connectivity index (χ3n) is 1.58. The summed E-state index contributed by atoms with van der Waals surface area (Å²) in [5.74, 6) is 0. The van der Waals surface area contributed by atoms with Crippen LogP contribution in [-0.4, -0.2) is 0 Å². The van der Waals surface area contributed by atoms with Crippen molar-refractivity contribution >= 4 is 0 Å². The molecule has 0 radical (unpaired) electrons. The molecule has 0 saturated heterocycles. The summed E-state index contributed by atoms with van der Waals surface area (Å²) in [5.41, 5.74) is 1.31. The van der Waals surface area contributed by atoms with Gasteiger partial charge in [0.2, 0.25) is 0 Å². The van der Waals surface area contributed by atoms with Crippen LogP contribution in [0.1, 0.15) is 12.5 Å². The molecule has 0 fully saturated rings. The molecule has 0 heterocycles. The minimum Gasteiger partial charge on any atom is -0.305 e. The Hall–Kier alpha value is -0.313. The summed E-state index contributed by atoms with van der Waals surface area (Å²) < 4.78 is 0. The van der Waals surface area contributed by atoms with E-state index < -0.39 is 0 Å². The normalized spacial score (nSPS) is 7.21. The van der Waals surface area contributed by atoms with Crippen molar-refractivity contribution in [2.45, 2.75) is 6.92 Å². The van der Waals surface area contributed by atoms with Crippen LogP contribution >= 0.6 is 0 Å². The standard InChI is InChI=1S/C7H8.C5H5.Fe.Li/c1-2-7-5-3-4-6-7;1-2-4-5-3-1;;/h2-6H,1H3;1-5H;;/q-2;-1;+2;+1. The molecule has 0 nitrogen and oxygen atoms in total. The first-order valence-electron chi connectivity index (χ1n) is 4.11. The van der Waals surface area contributed by atoms with E-state index in [-0.39, 0.29) is 35.9 Å². The van der Waals surface area contributed by atoms with Crippen LogP contribution in [0, 0.1) is 6.42 Å². The minimum absolute atomic E-state index is 0. The number of rotatable bonds is 1. The molecule has 0 unspecified atom stereocenters. The van der Waals surface area contributed by atoms with Crippen molar-refractivity contribution in [2.24, 2.45) is 0 Å². The van der Waals surface area contributed by atoms with Crippen LogP contribution in [0.4, 0.5) is 0 Å². The average Bonchev–Trinajstić information content (AvgIpc) is 2.81. The fourth-order valence-electron chi connectivity index (χ4n) is 0.902. The molecule has 14 heavy (non-hydrogen) atoms. The average molecular weight is 220 g/mol. The van der Waals surface area contributed by atoms with Gasteiger partial charge in [-0.25, -0.2) is 18.6 Å². The van der Waals surface area contributed by atoms with E-state index in [1.165, 1.54) is 5.56 Å². The van der Waals surface area contributed by atoms with Crippen molar-refractivity contribution in [1.82, 2.24) is 0 Å². The third kappa shape index (κ3) is 7.13. The molecule has 0 aliphatic heterocycles. The fourth-order valence-corrected chi connectivity index (χ4v) is 0.902. The summed E-state index contributed by atoms with van der Waals surface area (Å²) >= 11 is 0. The van der Waals surface area contributed by atoms with Gasteiger partial charge in [0.1, 0.15) is 0 Å². The van der Waals surface area contributed by atoms with Crippen LogP contribution in [0.25, 0.3) is 0 Å². The fraction of sp³-hybridized carbons (Fsp3) is 0.0833. The third-order valence-corrected chi connectivity index (χ3v) is 1.58. The van der Waals surface area contributed by atoms with E-state index in [4.69, 9.17) is 0 Å². The Morgan fingerprint density at radius 3 is 1.71 bits per heavy atom. The van der Waals surface area contributed by atoms with E-state index >= 15 is 0 Å². The number of hydrogen-bond acceptors (Lipinski definition) is 0. The molecule has 0 aliphatic carbocycles. The molecule has 0 spiro atoms. The second-order valence-electron chi connectivity index (χ2n) is 2.47. The van der Waals surface area contributed by atoms with Gasteiger partial charge in [-0.15, -0.1) is 6.92 Å². The molecule has 70 valence electrons. The summed E-state index contributed by atoms with van der Waals surface area (Å²) in [6.45, 7) is 2.04. The zero-order valence-electron chi connectivity index (χ0n) is 8.63. The van der Waals surface area contributed by atoms with E-state index in [2.05, 4.69) is 18.6 Å². The van der Waals surface area contributed by atoms with Gasteiger partial charge >= 0.3 is 35.9 Å². The van der Waals surface area contributed by atoms with Crippen LogP contribution < -0.4 is 18.9 Å². The molecule has 0 N–H and O–H groups in total. The monoisotopic (exact) mass is 220 g/mol. The zero-order valence-corrected chi connectivity index (χ0v) is 9.73. The Morgan fingerprint density at radius 1 is 1.00 bits per heavy atom. The van der Waals surface area contributed by atoms with Gasteiger partial charge in [0.25, 0.3) is 0 Å². The first-order chi connectivity index (χ1) is 5.93. The van der Waals surface area contributed by atoms with Gasteiger partial charge in [-0.1, -0.05) is 0 Å². The van der Waals surface area contributed by atoms with Gasteiger partial charge < -0.3 is 5.56 Å². The summed E-state index contributed by atoms with van der Waals surface area (Å²) in [4.78, 5) is 0. The maximum atomic E-state index is 2.08. The molecule has 2 rings (SSSR count). The van der Waals surface area contributed by atoms with Crippen molar-refractivity contribution in [3.8, 4) is 0 Å². The molecule has 0 saturated carbocycles. The number of hydrogen-bond donors (Lipinski definition) is 0. The summed E-state index contributed by atoms with van der Waals surface area (Å²) in [6.07, 6.45) is 2.08. The van der Waals surface area contributed by atoms with E-state index in [9.17, 15) is 0 Å². The van der Waals surface area contributed by atoms with Crippen LogP contribution in [0.3, 0.4) is 0 Å². The topological polar surface area (TPSA) is 0 Å². The van der Waals surface area contributed by atoms with Crippen molar-refractivity contribution < 1.29 is 35.9 Å². The molecular formula is C12H13FeLi. The largest absolute Gasteiger partial charge is 2.00 e. The first kappa shape index (κ1) is 16.1.